The van der Waals surface area contributed by atoms with E-state index >= 15 is 0 Å². The zero-order chi connectivity index (χ0) is 14.0. The molecule has 2 amide bonds. The smallest absolute Gasteiger partial charge is 0.253 e. The summed E-state index contributed by atoms with van der Waals surface area (Å²) in [6, 6.07) is 0.166. The fourth-order valence-electron chi connectivity index (χ4n) is 2.89. The highest BCUT2D eigenvalue weighted by Crippen LogP contribution is 2.38. The minimum absolute atomic E-state index is 0.00819. The van der Waals surface area contributed by atoms with Gasteiger partial charge in [-0.3, -0.25) is 20.0 Å². The van der Waals surface area contributed by atoms with Gasteiger partial charge in [-0.2, -0.15) is 11.8 Å². The molecule has 0 spiro atoms. The number of amides is 2. The third-order valence-electron chi connectivity index (χ3n) is 3.97. The number of hydrogen-bond donors (Lipinski definition) is 1. The van der Waals surface area contributed by atoms with Crippen LogP contribution in [0.3, 0.4) is 0 Å². The molecule has 2 aliphatic heterocycles. The van der Waals surface area contributed by atoms with Crippen LogP contribution in [0.2, 0.25) is 0 Å². The summed E-state index contributed by atoms with van der Waals surface area (Å²) in [4.78, 5) is 24.3. The van der Waals surface area contributed by atoms with Gasteiger partial charge in [0.15, 0.2) is 0 Å². The molecule has 0 radical (unpaired) electrons. The van der Waals surface area contributed by atoms with Gasteiger partial charge in [-0.05, 0) is 25.0 Å². The topological polar surface area (TPSA) is 49.4 Å². The Morgan fingerprint density at radius 3 is 2.79 bits per heavy atom. The van der Waals surface area contributed by atoms with Gasteiger partial charge in [-0.1, -0.05) is 33.6 Å². The Hall–Kier alpha value is -0.710. The molecule has 0 bridgehead atoms. The van der Waals surface area contributed by atoms with Crippen LogP contribution in [0.4, 0.5) is 0 Å². The molecular formula is C14H24N2O2S. The van der Waals surface area contributed by atoms with Crippen molar-refractivity contribution in [1.29, 1.82) is 0 Å². The number of hydrogen-bond acceptors (Lipinski definition) is 3. The van der Waals surface area contributed by atoms with Crippen LogP contribution >= 0.6 is 11.8 Å². The molecule has 1 N–H and O–H groups in total. The van der Waals surface area contributed by atoms with Gasteiger partial charge in [0.2, 0.25) is 0 Å². The quantitative estimate of drug-likeness (QED) is 0.806. The van der Waals surface area contributed by atoms with Crippen LogP contribution in [-0.2, 0) is 9.59 Å². The average Bonchev–Trinajstić information content (AvgIpc) is 2.61. The van der Waals surface area contributed by atoms with Gasteiger partial charge < -0.3 is 0 Å². The summed E-state index contributed by atoms with van der Waals surface area (Å²) in [5.74, 6) is 0.495. The van der Waals surface area contributed by atoms with E-state index in [0.29, 0.717) is 6.42 Å². The van der Waals surface area contributed by atoms with Crippen LogP contribution in [0.5, 0.6) is 0 Å². The third kappa shape index (κ3) is 3.25. The van der Waals surface area contributed by atoms with Crippen molar-refractivity contribution in [2.45, 2.75) is 63.7 Å². The summed E-state index contributed by atoms with van der Waals surface area (Å²) in [5, 5.41) is 1.63. The Morgan fingerprint density at radius 1 is 1.42 bits per heavy atom. The Labute approximate surface area is 119 Å². The lowest BCUT2D eigenvalue weighted by Crippen LogP contribution is -2.48. The molecule has 0 aromatic carbocycles. The second-order valence-electron chi connectivity index (χ2n) is 6.13. The molecule has 5 heteroatoms. The average molecular weight is 284 g/mol. The summed E-state index contributed by atoms with van der Waals surface area (Å²) in [5.41, 5.74) is 2.81. The summed E-state index contributed by atoms with van der Waals surface area (Å²) in [6.07, 6.45) is 4.56. The van der Waals surface area contributed by atoms with Crippen LogP contribution in [0.15, 0.2) is 0 Å². The number of carbonyl (C=O) groups excluding carboxylic acids is 2. The molecule has 19 heavy (non-hydrogen) atoms. The van der Waals surface area contributed by atoms with Crippen molar-refractivity contribution in [3.8, 4) is 0 Å². The van der Waals surface area contributed by atoms with Crippen molar-refractivity contribution >= 4 is 23.6 Å². The molecule has 2 heterocycles. The first-order valence-corrected chi connectivity index (χ1v) is 8.20. The van der Waals surface area contributed by atoms with Crippen molar-refractivity contribution in [1.82, 2.24) is 10.4 Å². The summed E-state index contributed by atoms with van der Waals surface area (Å²) in [7, 11) is 0. The van der Waals surface area contributed by atoms with E-state index in [4.69, 9.17) is 0 Å². The number of thioether (sulfide) groups is 1. The standard InChI is InChI=1S/C14H24N2O2S/c1-4-5-6-11-12(17)15-16(13(11)18)10-7-8-19-14(2,3)9-10/h10-11H,4-9H2,1-3H3,(H,15,17)/t10-,11+/m1/s1. The number of nitrogens with one attached hydrogen (secondary N) is 1. The van der Waals surface area contributed by atoms with Crippen molar-refractivity contribution in [3.63, 3.8) is 0 Å². The first-order chi connectivity index (χ1) is 8.94. The lowest BCUT2D eigenvalue weighted by atomic mass is 9.97. The summed E-state index contributed by atoms with van der Waals surface area (Å²) >= 11 is 1.95. The predicted molar refractivity (Wildman–Crippen MR) is 77.6 cm³/mol. The first-order valence-electron chi connectivity index (χ1n) is 7.22. The zero-order valence-corrected chi connectivity index (χ0v) is 12.9. The second-order valence-corrected chi connectivity index (χ2v) is 7.94. The highest BCUT2D eigenvalue weighted by atomic mass is 32.2. The SMILES string of the molecule is CCCC[C@H]1C(=O)NN([C@@H]2CCSC(C)(C)C2)C1=O. The molecule has 108 valence electrons. The first kappa shape index (κ1) is 14.7. The molecule has 2 atom stereocenters. The van der Waals surface area contributed by atoms with E-state index in [1.165, 1.54) is 0 Å². The molecule has 2 rings (SSSR count). The molecule has 4 nitrogen and oxygen atoms in total. The number of hydrazine groups is 1. The predicted octanol–water partition coefficient (Wildman–Crippen LogP) is 2.34. The lowest BCUT2D eigenvalue weighted by molar-refractivity contribution is -0.135. The molecule has 0 saturated carbocycles. The number of unbranched alkanes of at least 4 members (excludes halogenated alkanes) is 1. The maximum atomic E-state index is 12.4. The van der Waals surface area contributed by atoms with E-state index in [9.17, 15) is 9.59 Å². The van der Waals surface area contributed by atoms with Gasteiger partial charge >= 0.3 is 0 Å². The maximum Gasteiger partial charge on any atom is 0.253 e. The maximum absolute atomic E-state index is 12.4. The second kappa shape index (κ2) is 5.73. The van der Waals surface area contributed by atoms with Gasteiger partial charge in [0.25, 0.3) is 11.8 Å². The van der Waals surface area contributed by atoms with E-state index in [1.807, 2.05) is 11.8 Å². The van der Waals surface area contributed by atoms with Gasteiger partial charge in [-0.25, -0.2) is 0 Å². The molecule has 0 aromatic heterocycles. The number of carbonyl (C=O) groups is 2. The molecule has 2 fully saturated rings. The highest BCUT2D eigenvalue weighted by Gasteiger charge is 2.44. The van der Waals surface area contributed by atoms with E-state index < -0.39 is 5.92 Å². The monoisotopic (exact) mass is 284 g/mol. The molecule has 0 aromatic rings. The largest absolute Gasteiger partial charge is 0.272 e. The summed E-state index contributed by atoms with van der Waals surface area (Å²) in [6.45, 7) is 6.50. The Morgan fingerprint density at radius 2 is 2.16 bits per heavy atom. The Bertz CT molecular complexity index is 370. The van der Waals surface area contributed by atoms with Crippen molar-refractivity contribution in [3.05, 3.63) is 0 Å². The third-order valence-corrected chi connectivity index (χ3v) is 5.35. The zero-order valence-electron chi connectivity index (χ0n) is 12.1. The number of rotatable bonds is 4. The Balaban J connectivity index is 2.02. The van der Waals surface area contributed by atoms with Crippen LogP contribution in [-0.4, -0.2) is 33.4 Å². The molecule has 2 saturated heterocycles. The van der Waals surface area contributed by atoms with Crippen molar-refractivity contribution in [2.75, 3.05) is 5.75 Å². The van der Waals surface area contributed by atoms with Crippen LogP contribution in [0.1, 0.15) is 52.9 Å². The minimum Gasteiger partial charge on any atom is -0.272 e. The highest BCUT2D eigenvalue weighted by molar-refractivity contribution is 8.00. The van der Waals surface area contributed by atoms with Crippen molar-refractivity contribution in [2.24, 2.45) is 5.92 Å². The molecule has 0 unspecified atom stereocenters. The number of nitrogens with zero attached hydrogens (tertiary/aromatic N) is 1. The van der Waals surface area contributed by atoms with Crippen LogP contribution in [0, 0.1) is 5.92 Å². The molecule has 2 aliphatic rings. The lowest BCUT2D eigenvalue weighted by Gasteiger charge is -2.38. The van der Waals surface area contributed by atoms with Gasteiger partial charge in [0.1, 0.15) is 5.92 Å². The van der Waals surface area contributed by atoms with E-state index in [2.05, 4.69) is 26.2 Å². The fraction of sp³-hybridized carbons (Fsp3) is 0.857. The normalized spacial score (nSPS) is 30.6. The van der Waals surface area contributed by atoms with Gasteiger partial charge in [-0.15, -0.1) is 0 Å². The van der Waals surface area contributed by atoms with Crippen molar-refractivity contribution < 1.29 is 9.59 Å². The molecular weight excluding hydrogens is 260 g/mol. The fourth-order valence-corrected chi connectivity index (χ4v) is 4.14. The molecule has 0 aliphatic carbocycles. The van der Waals surface area contributed by atoms with E-state index in [0.717, 1.165) is 31.4 Å². The van der Waals surface area contributed by atoms with E-state index in [-0.39, 0.29) is 22.6 Å². The Kier molecular flexibility index (Phi) is 4.43. The summed E-state index contributed by atoms with van der Waals surface area (Å²) < 4.78 is 0.190. The van der Waals surface area contributed by atoms with E-state index in [1.54, 1.807) is 5.01 Å². The van der Waals surface area contributed by atoms with Crippen LogP contribution < -0.4 is 5.43 Å². The van der Waals surface area contributed by atoms with Gasteiger partial charge in [0, 0.05) is 4.75 Å². The van der Waals surface area contributed by atoms with Crippen LogP contribution in [0.25, 0.3) is 0 Å². The minimum atomic E-state index is -0.447. The van der Waals surface area contributed by atoms with Gasteiger partial charge in [0.05, 0.1) is 6.04 Å².